The van der Waals surface area contributed by atoms with Crippen molar-refractivity contribution in [2.45, 2.75) is 19.4 Å². The van der Waals surface area contributed by atoms with Crippen LogP contribution >= 0.6 is 15.9 Å². The van der Waals surface area contributed by atoms with Gasteiger partial charge in [0.1, 0.15) is 0 Å². The van der Waals surface area contributed by atoms with Gasteiger partial charge in [-0.3, -0.25) is 4.79 Å². The van der Waals surface area contributed by atoms with Crippen LogP contribution in [0.4, 0.5) is 4.79 Å². The minimum atomic E-state index is -0.953. The molecule has 0 radical (unpaired) electrons. The molecular formula is C16H18BrN5O3. The van der Waals surface area contributed by atoms with Gasteiger partial charge in [0, 0.05) is 30.1 Å². The van der Waals surface area contributed by atoms with E-state index in [-0.39, 0.29) is 11.9 Å². The van der Waals surface area contributed by atoms with E-state index in [0.29, 0.717) is 37.3 Å². The zero-order valence-electron chi connectivity index (χ0n) is 13.7. The first-order valence-electron chi connectivity index (χ1n) is 7.92. The summed E-state index contributed by atoms with van der Waals surface area (Å²) in [4.78, 5) is 28.9. The first kappa shape index (κ1) is 17.4. The Kier molecular flexibility index (Phi) is 5.03. The summed E-state index contributed by atoms with van der Waals surface area (Å²) in [5.74, 6) is -0.159. The van der Waals surface area contributed by atoms with Crippen molar-refractivity contribution in [1.82, 2.24) is 24.8 Å². The smallest absolute Gasteiger partial charge is 0.407 e. The maximum Gasteiger partial charge on any atom is 0.407 e. The van der Waals surface area contributed by atoms with Crippen LogP contribution in [0.15, 0.2) is 35.1 Å². The van der Waals surface area contributed by atoms with Crippen molar-refractivity contribution >= 4 is 27.9 Å². The second-order valence-corrected chi connectivity index (χ2v) is 6.80. The molecule has 8 nitrogen and oxygen atoms in total. The third-order valence-corrected chi connectivity index (χ3v) is 4.81. The highest BCUT2D eigenvalue weighted by Crippen LogP contribution is 2.23. The predicted molar refractivity (Wildman–Crippen MR) is 93.8 cm³/mol. The van der Waals surface area contributed by atoms with E-state index < -0.39 is 6.09 Å². The van der Waals surface area contributed by atoms with Crippen LogP contribution in [0.2, 0.25) is 0 Å². The Morgan fingerprint density at radius 3 is 2.60 bits per heavy atom. The highest BCUT2D eigenvalue weighted by Gasteiger charge is 2.29. The Morgan fingerprint density at radius 1 is 1.20 bits per heavy atom. The van der Waals surface area contributed by atoms with Gasteiger partial charge in [0.15, 0.2) is 0 Å². The van der Waals surface area contributed by atoms with Crippen LogP contribution in [0.5, 0.6) is 0 Å². The van der Waals surface area contributed by atoms with Crippen LogP contribution < -0.4 is 0 Å². The third kappa shape index (κ3) is 3.65. The largest absolute Gasteiger partial charge is 0.465 e. The number of aromatic nitrogens is 3. The highest BCUT2D eigenvalue weighted by molar-refractivity contribution is 9.10. The summed E-state index contributed by atoms with van der Waals surface area (Å²) < 4.78 is 0.779. The molecule has 1 aromatic heterocycles. The number of halogens is 1. The third-order valence-electron chi connectivity index (χ3n) is 4.31. The monoisotopic (exact) mass is 407 g/mol. The number of carbonyl (C=O) groups excluding carboxylic acids is 1. The summed E-state index contributed by atoms with van der Waals surface area (Å²) in [5.41, 5.74) is 1.06. The Morgan fingerprint density at radius 2 is 1.92 bits per heavy atom. The molecule has 1 aromatic carbocycles. The van der Waals surface area contributed by atoms with E-state index >= 15 is 0 Å². The lowest BCUT2D eigenvalue weighted by atomic mass is 10.1. The number of hydrogen-bond acceptors (Lipinski definition) is 4. The molecule has 0 unspecified atom stereocenters. The summed E-state index contributed by atoms with van der Waals surface area (Å²) >= 11 is 3.40. The summed E-state index contributed by atoms with van der Waals surface area (Å²) in [6.45, 7) is 3.01. The quantitative estimate of drug-likeness (QED) is 0.823. The molecule has 9 heteroatoms. The van der Waals surface area contributed by atoms with Gasteiger partial charge in [-0.1, -0.05) is 15.9 Å². The second-order valence-electron chi connectivity index (χ2n) is 5.89. The zero-order valence-corrected chi connectivity index (χ0v) is 15.3. The van der Waals surface area contributed by atoms with Crippen molar-refractivity contribution in [2.24, 2.45) is 0 Å². The maximum absolute atomic E-state index is 13.2. The number of carboxylic acid groups (broad SMARTS) is 1. The van der Waals surface area contributed by atoms with E-state index in [9.17, 15) is 14.7 Å². The molecule has 1 aliphatic heterocycles. The Balaban J connectivity index is 1.92. The summed E-state index contributed by atoms with van der Waals surface area (Å²) in [5, 5.41) is 17.4. The van der Waals surface area contributed by atoms with Gasteiger partial charge in [0.2, 0.25) is 0 Å². The van der Waals surface area contributed by atoms with Crippen molar-refractivity contribution in [1.29, 1.82) is 0 Å². The van der Waals surface area contributed by atoms with Crippen molar-refractivity contribution in [2.75, 3.05) is 19.6 Å². The fourth-order valence-electron chi connectivity index (χ4n) is 2.90. The molecule has 0 bridgehead atoms. The molecule has 1 N–H and O–H groups in total. The fourth-order valence-corrected chi connectivity index (χ4v) is 3.26. The molecule has 0 spiro atoms. The molecule has 1 saturated heterocycles. The van der Waals surface area contributed by atoms with E-state index in [1.165, 1.54) is 9.70 Å². The number of nitrogens with zero attached hydrogens (tertiary/aromatic N) is 5. The molecule has 25 heavy (non-hydrogen) atoms. The van der Waals surface area contributed by atoms with Crippen LogP contribution in [-0.2, 0) is 0 Å². The van der Waals surface area contributed by atoms with Gasteiger partial charge in [-0.25, -0.2) is 4.79 Å². The lowest BCUT2D eigenvalue weighted by Gasteiger charge is -2.27. The van der Waals surface area contributed by atoms with Gasteiger partial charge in [-0.15, -0.1) is 0 Å². The summed E-state index contributed by atoms with van der Waals surface area (Å²) in [7, 11) is 0. The van der Waals surface area contributed by atoms with Gasteiger partial charge in [-0.2, -0.15) is 15.0 Å². The highest BCUT2D eigenvalue weighted by atomic mass is 79.9. The first-order chi connectivity index (χ1) is 12.0. The molecular weight excluding hydrogens is 390 g/mol. The lowest BCUT2D eigenvalue weighted by molar-refractivity contribution is 0.0699. The van der Waals surface area contributed by atoms with E-state index in [2.05, 4.69) is 26.1 Å². The number of carbonyl (C=O) groups is 2. The zero-order chi connectivity index (χ0) is 18.0. The van der Waals surface area contributed by atoms with Gasteiger partial charge >= 0.3 is 6.09 Å². The van der Waals surface area contributed by atoms with Gasteiger partial charge in [-0.05, 0) is 31.5 Å². The Hall–Kier alpha value is -2.42. The minimum absolute atomic E-state index is 0.0609. The van der Waals surface area contributed by atoms with Crippen molar-refractivity contribution in [3.63, 3.8) is 0 Å². The van der Waals surface area contributed by atoms with Crippen molar-refractivity contribution in [3.05, 3.63) is 40.6 Å². The average Bonchev–Trinajstić information content (AvgIpc) is 3.04. The molecule has 132 valence electrons. The molecule has 1 atom stereocenters. The average molecular weight is 408 g/mol. The van der Waals surface area contributed by atoms with Crippen LogP contribution in [0.3, 0.4) is 0 Å². The van der Waals surface area contributed by atoms with E-state index in [1.807, 2.05) is 13.0 Å². The van der Waals surface area contributed by atoms with Crippen LogP contribution in [0, 0.1) is 0 Å². The summed E-state index contributed by atoms with van der Waals surface area (Å²) in [6.07, 6.45) is 2.75. The molecule has 2 amide bonds. The standard InChI is InChI=1S/C16H18BrN5O3/c1-11-4-7-20(16(24)25)8-9-21(11)15(23)13-10-12(17)2-3-14(13)22-18-5-6-19-22/h2-3,5-6,10-11H,4,7-9H2,1H3,(H,24,25)/t11-/m1/s1. The van der Waals surface area contributed by atoms with Crippen LogP contribution in [-0.4, -0.2) is 67.6 Å². The Bertz CT molecular complexity index is 780. The number of rotatable bonds is 2. The van der Waals surface area contributed by atoms with Crippen LogP contribution in [0.1, 0.15) is 23.7 Å². The minimum Gasteiger partial charge on any atom is -0.465 e. The predicted octanol–water partition coefficient (Wildman–Crippen LogP) is 2.24. The van der Waals surface area contributed by atoms with E-state index in [4.69, 9.17) is 0 Å². The van der Waals surface area contributed by atoms with E-state index in [0.717, 1.165) is 4.47 Å². The molecule has 0 aliphatic carbocycles. The van der Waals surface area contributed by atoms with Crippen LogP contribution in [0.25, 0.3) is 5.69 Å². The molecule has 2 aromatic rings. The van der Waals surface area contributed by atoms with Gasteiger partial charge in [0.05, 0.1) is 23.6 Å². The first-order valence-corrected chi connectivity index (χ1v) is 8.71. The second kappa shape index (κ2) is 7.22. The normalized spacial score (nSPS) is 18.1. The Labute approximate surface area is 153 Å². The SMILES string of the molecule is C[C@@H]1CCN(C(=O)O)CCN1C(=O)c1cc(Br)ccc1-n1nccn1. The van der Waals surface area contributed by atoms with Gasteiger partial charge in [0.25, 0.3) is 5.91 Å². The molecule has 1 aliphatic rings. The lowest BCUT2D eigenvalue weighted by Crippen LogP contribution is -2.40. The summed E-state index contributed by atoms with van der Waals surface area (Å²) in [6, 6.07) is 5.29. The number of hydrogen-bond donors (Lipinski definition) is 1. The van der Waals surface area contributed by atoms with Crippen molar-refractivity contribution < 1.29 is 14.7 Å². The van der Waals surface area contributed by atoms with E-state index in [1.54, 1.807) is 29.4 Å². The number of amides is 2. The van der Waals surface area contributed by atoms with Crippen molar-refractivity contribution in [3.8, 4) is 5.69 Å². The topological polar surface area (TPSA) is 91.6 Å². The maximum atomic E-state index is 13.2. The molecule has 3 rings (SSSR count). The fraction of sp³-hybridized carbons (Fsp3) is 0.375. The molecule has 0 saturated carbocycles. The molecule has 2 heterocycles. The molecule has 1 fully saturated rings. The van der Waals surface area contributed by atoms with Gasteiger partial charge < -0.3 is 14.9 Å². The number of benzene rings is 1.